The van der Waals surface area contributed by atoms with Gasteiger partial charge in [0.05, 0.1) is 11.8 Å². The number of halogens is 1. The van der Waals surface area contributed by atoms with E-state index >= 15 is 0 Å². The summed E-state index contributed by atoms with van der Waals surface area (Å²) in [5, 5.41) is 0.354. The third-order valence-corrected chi connectivity index (χ3v) is 2.70. The normalized spacial score (nSPS) is 17.0. The number of carbonyl (C=O) groups excluding carboxylic acids is 2. The van der Waals surface area contributed by atoms with Crippen molar-refractivity contribution in [1.29, 1.82) is 0 Å². The Balaban J connectivity index is 2.38. The van der Waals surface area contributed by atoms with Gasteiger partial charge in [-0.1, -0.05) is 11.6 Å². The molecule has 0 aliphatic heterocycles. The summed E-state index contributed by atoms with van der Waals surface area (Å²) in [6, 6.07) is 3.14. The summed E-state index contributed by atoms with van der Waals surface area (Å²) in [4.78, 5) is 23.4. The van der Waals surface area contributed by atoms with Gasteiger partial charge in [0.15, 0.2) is 11.5 Å². The van der Waals surface area contributed by atoms with Crippen LogP contribution in [0.25, 0.3) is 0 Å². The highest BCUT2D eigenvalue weighted by molar-refractivity contribution is 6.38. The first-order valence-electron chi connectivity index (χ1n) is 4.70. The number of hydrogen-bond donors (Lipinski definition) is 0. The van der Waals surface area contributed by atoms with E-state index in [-0.39, 0.29) is 17.1 Å². The smallest absolute Gasteiger partial charge is 0.232 e. The van der Waals surface area contributed by atoms with Crippen LogP contribution >= 0.6 is 11.6 Å². The fourth-order valence-electron chi connectivity index (χ4n) is 1.59. The van der Waals surface area contributed by atoms with Crippen molar-refractivity contribution in [2.45, 2.75) is 19.3 Å². The van der Waals surface area contributed by atoms with Crippen molar-refractivity contribution < 1.29 is 14.0 Å². The first-order chi connectivity index (χ1) is 7.20. The van der Waals surface area contributed by atoms with Crippen molar-refractivity contribution in [3.8, 4) is 0 Å². The fourth-order valence-corrected chi connectivity index (χ4v) is 1.91. The van der Waals surface area contributed by atoms with Crippen LogP contribution in [0.1, 0.15) is 29.8 Å². The maximum Gasteiger partial charge on any atom is 0.232 e. The minimum atomic E-state index is -0.408. The Bertz CT molecular complexity index is 429. The summed E-state index contributed by atoms with van der Waals surface area (Å²) in [5.74, 6) is -0.430. The number of rotatable bonds is 2. The quantitative estimate of drug-likeness (QED) is 0.573. The van der Waals surface area contributed by atoms with Gasteiger partial charge >= 0.3 is 0 Å². The first kappa shape index (κ1) is 10.2. The maximum atomic E-state index is 11.8. The highest BCUT2D eigenvalue weighted by Crippen LogP contribution is 2.27. The van der Waals surface area contributed by atoms with Crippen LogP contribution in [0, 0.1) is 0 Å². The lowest BCUT2D eigenvalue weighted by molar-refractivity contribution is -0.115. The highest BCUT2D eigenvalue weighted by Gasteiger charge is 2.27. The van der Waals surface area contributed by atoms with Gasteiger partial charge in [0.25, 0.3) is 0 Å². The lowest BCUT2D eigenvalue weighted by Crippen LogP contribution is -2.17. The molecule has 0 spiro atoms. The van der Waals surface area contributed by atoms with Crippen LogP contribution in [0.3, 0.4) is 0 Å². The number of ketones is 2. The molecular formula is C11H9ClO3. The number of carbonyl (C=O) groups is 2. The maximum absolute atomic E-state index is 11.8. The molecule has 0 N–H and O–H groups in total. The number of allylic oxidation sites excluding steroid dienone is 2. The van der Waals surface area contributed by atoms with Crippen LogP contribution in [0.2, 0.25) is 0 Å². The third kappa shape index (κ3) is 1.88. The van der Waals surface area contributed by atoms with E-state index in [2.05, 4.69) is 0 Å². The second-order valence-corrected chi connectivity index (χ2v) is 3.82. The SMILES string of the molecule is O=C1CCCC(Cl)=C1C(=O)c1ccco1. The second kappa shape index (κ2) is 4.03. The second-order valence-electron chi connectivity index (χ2n) is 3.36. The Hall–Kier alpha value is -1.35. The zero-order chi connectivity index (χ0) is 10.8. The summed E-state index contributed by atoms with van der Waals surface area (Å²) in [7, 11) is 0. The Morgan fingerprint density at radius 2 is 2.20 bits per heavy atom. The van der Waals surface area contributed by atoms with E-state index in [0.29, 0.717) is 24.3 Å². The third-order valence-electron chi connectivity index (χ3n) is 2.32. The lowest BCUT2D eigenvalue weighted by Gasteiger charge is -2.12. The number of furan rings is 1. The van der Waals surface area contributed by atoms with Crippen LogP contribution < -0.4 is 0 Å². The van der Waals surface area contributed by atoms with E-state index < -0.39 is 5.78 Å². The monoisotopic (exact) mass is 224 g/mol. The summed E-state index contributed by atoms with van der Waals surface area (Å²) in [6.07, 6.45) is 3.09. The molecule has 1 aliphatic carbocycles. The molecule has 1 aliphatic rings. The minimum absolute atomic E-state index is 0.0952. The standard InChI is InChI=1S/C11H9ClO3/c12-7-3-1-4-8(13)10(7)11(14)9-5-2-6-15-9/h2,5-6H,1,3-4H2. The summed E-state index contributed by atoms with van der Waals surface area (Å²) >= 11 is 5.89. The Morgan fingerprint density at radius 3 is 2.80 bits per heavy atom. The van der Waals surface area contributed by atoms with Crippen molar-refractivity contribution in [2.75, 3.05) is 0 Å². The van der Waals surface area contributed by atoms with Gasteiger partial charge in [0, 0.05) is 11.5 Å². The molecule has 0 bridgehead atoms. The number of hydrogen-bond acceptors (Lipinski definition) is 3. The zero-order valence-corrected chi connectivity index (χ0v) is 8.71. The summed E-state index contributed by atoms with van der Waals surface area (Å²) in [6.45, 7) is 0. The Kier molecular flexibility index (Phi) is 2.73. The van der Waals surface area contributed by atoms with Crippen LogP contribution in [-0.4, -0.2) is 11.6 Å². The van der Waals surface area contributed by atoms with Gasteiger partial charge in [-0.2, -0.15) is 0 Å². The van der Waals surface area contributed by atoms with Crippen LogP contribution in [0.4, 0.5) is 0 Å². The van der Waals surface area contributed by atoms with Crippen molar-refractivity contribution in [3.05, 3.63) is 34.8 Å². The molecule has 0 amide bonds. The molecule has 0 saturated carbocycles. The van der Waals surface area contributed by atoms with Crippen molar-refractivity contribution >= 4 is 23.2 Å². The topological polar surface area (TPSA) is 47.3 Å². The summed E-state index contributed by atoms with van der Waals surface area (Å²) in [5.41, 5.74) is 0.0952. The average Bonchev–Trinajstić information content (AvgIpc) is 2.69. The predicted molar refractivity (Wildman–Crippen MR) is 54.8 cm³/mol. The van der Waals surface area contributed by atoms with Gasteiger partial charge in [-0.3, -0.25) is 9.59 Å². The van der Waals surface area contributed by atoms with E-state index in [9.17, 15) is 9.59 Å². The van der Waals surface area contributed by atoms with Crippen molar-refractivity contribution in [2.24, 2.45) is 0 Å². The highest BCUT2D eigenvalue weighted by atomic mass is 35.5. The molecule has 1 heterocycles. The van der Waals surface area contributed by atoms with Crippen LogP contribution in [-0.2, 0) is 4.79 Å². The summed E-state index contributed by atoms with van der Waals surface area (Å²) < 4.78 is 4.95. The zero-order valence-electron chi connectivity index (χ0n) is 7.96. The van der Waals surface area contributed by atoms with E-state index in [1.807, 2.05) is 0 Å². The molecule has 2 rings (SSSR count). The molecule has 0 radical (unpaired) electrons. The average molecular weight is 225 g/mol. The molecule has 4 heteroatoms. The van der Waals surface area contributed by atoms with E-state index in [0.717, 1.165) is 0 Å². The van der Waals surface area contributed by atoms with E-state index in [1.165, 1.54) is 12.3 Å². The van der Waals surface area contributed by atoms with Gasteiger partial charge in [-0.25, -0.2) is 0 Å². The first-order valence-corrected chi connectivity index (χ1v) is 5.08. The van der Waals surface area contributed by atoms with Crippen LogP contribution in [0.5, 0.6) is 0 Å². The van der Waals surface area contributed by atoms with Crippen LogP contribution in [0.15, 0.2) is 33.4 Å². The fraction of sp³-hybridized carbons (Fsp3) is 0.273. The molecule has 0 aromatic carbocycles. The largest absolute Gasteiger partial charge is 0.461 e. The molecular weight excluding hydrogens is 216 g/mol. The molecule has 15 heavy (non-hydrogen) atoms. The van der Waals surface area contributed by atoms with E-state index in [1.54, 1.807) is 6.07 Å². The van der Waals surface area contributed by atoms with Crippen molar-refractivity contribution in [1.82, 2.24) is 0 Å². The predicted octanol–water partition coefficient (Wildman–Crippen LogP) is 2.71. The minimum Gasteiger partial charge on any atom is -0.461 e. The van der Waals surface area contributed by atoms with Crippen molar-refractivity contribution in [3.63, 3.8) is 0 Å². The molecule has 0 fully saturated rings. The molecule has 0 unspecified atom stereocenters. The van der Waals surface area contributed by atoms with Gasteiger partial charge in [0.1, 0.15) is 0 Å². The van der Waals surface area contributed by atoms with Gasteiger partial charge in [-0.15, -0.1) is 0 Å². The van der Waals surface area contributed by atoms with Gasteiger partial charge in [0.2, 0.25) is 5.78 Å². The number of Topliss-reactive ketones (excluding diaryl/α,β-unsaturated/α-hetero) is 2. The van der Waals surface area contributed by atoms with Gasteiger partial charge in [-0.05, 0) is 25.0 Å². The molecule has 0 saturated heterocycles. The Morgan fingerprint density at radius 1 is 1.40 bits per heavy atom. The molecule has 1 aromatic heterocycles. The Labute approximate surface area is 91.7 Å². The van der Waals surface area contributed by atoms with Gasteiger partial charge < -0.3 is 4.42 Å². The molecule has 78 valence electrons. The molecule has 0 atom stereocenters. The molecule has 3 nitrogen and oxygen atoms in total. The van der Waals surface area contributed by atoms with E-state index in [4.69, 9.17) is 16.0 Å². The molecule has 1 aromatic rings. The lowest BCUT2D eigenvalue weighted by atomic mass is 9.94.